The lowest BCUT2D eigenvalue weighted by atomic mass is 10.0. The van der Waals surface area contributed by atoms with Crippen LogP contribution in [0, 0.1) is 0 Å². The lowest BCUT2D eigenvalue weighted by molar-refractivity contribution is -0.121. The maximum Gasteiger partial charge on any atom is 0.235 e. The molecule has 0 aliphatic heterocycles. The summed E-state index contributed by atoms with van der Waals surface area (Å²) >= 11 is 0. The second kappa shape index (κ2) is 6.81. The number of hydrogen-bond acceptors (Lipinski definition) is 6. The molecule has 0 saturated heterocycles. The average molecular weight is 269 g/mol. The Labute approximate surface area is 111 Å². The van der Waals surface area contributed by atoms with E-state index >= 15 is 0 Å². The van der Waals surface area contributed by atoms with Gasteiger partial charge in [0.15, 0.2) is 0 Å². The highest BCUT2D eigenvalue weighted by Gasteiger charge is 2.21. The van der Waals surface area contributed by atoms with Crippen LogP contribution in [-0.4, -0.2) is 27.2 Å². The third-order valence-corrected chi connectivity index (χ3v) is 2.69. The van der Waals surface area contributed by atoms with Crippen molar-refractivity contribution >= 4 is 5.91 Å². The van der Waals surface area contributed by atoms with E-state index in [4.69, 9.17) is 25.8 Å². The van der Waals surface area contributed by atoms with Crippen LogP contribution in [0.4, 0.5) is 0 Å². The summed E-state index contributed by atoms with van der Waals surface area (Å²) in [6.45, 7) is 0. The van der Waals surface area contributed by atoms with Gasteiger partial charge in [0.05, 0.1) is 26.9 Å². The molecule has 0 radical (unpaired) electrons. The molecule has 5 N–H and O–H groups in total. The molecule has 1 amide bonds. The van der Waals surface area contributed by atoms with E-state index < -0.39 is 6.04 Å². The van der Waals surface area contributed by atoms with Gasteiger partial charge in [-0.25, -0.2) is 5.84 Å². The lowest BCUT2D eigenvalue weighted by Crippen LogP contribution is -2.32. The molecule has 1 aromatic carbocycles. The molecule has 0 heterocycles. The van der Waals surface area contributed by atoms with Crippen LogP contribution in [-0.2, 0) is 4.79 Å². The minimum Gasteiger partial charge on any atom is -0.496 e. The molecule has 7 heteroatoms. The fraction of sp³-hybridized carbons (Fsp3) is 0.417. The van der Waals surface area contributed by atoms with Crippen LogP contribution < -0.4 is 31.2 Å². The number of benzene rings is 1. The molecule has 0 aromatic heterocycles. The number of carbonyl (C=O) groups is 1. The number of rotatable bonds is 6. The molecular formula is C12H19N3O4. The summed E-state index contributed by atoms with van der Waals surface area (Å²) in [4.78, 5) is 11.3. The van der Waals surface area contributed by atoms with E-state index in [9.17, 15) is 4.79 Å². The molecule has 19 heavy (non-hydrogen) atoms. The van der Waals surface area contributed by atoms with Crippen molar-refractivity contribution in [1.82, 2.24) is 5.43 Å². The zero-order chi connectivity index (χ0) is 14.4. The SMILES string of the molecule is COc1cc(OC)c(C(N)CC(=O)NN)c(OC)c1. The van der Waals surface area contributed by atoms with Crippen molar-refractivity contribution in [1.29, 1.82) is 0 Å². The van der Waals surface area contributed by atoms with Gasteiger partial charge in [-0.1, -0.05) is 0 Å². The van der Waals surface area contributed by atoms with E-state index in [2.05, 4.69) is 0 Å². The summed E-state index contributed by atoms with van der Waals surface area (Å²) in [5.41, 5.74) is 8.63. The van der Waals surface area contributed by atoms with E-state index in [1.807, 2.05) is 5.43 Å². The summed E-state index contributed by atoms with van der Waals surface area (Å²) in [6, 6.07) is 2.76. The van der Waals surface area contributed by atoms with Gasteiger partial charge in [0, 0.05) is 24.6 Å². The summed E-state index contributed by atoms with van der Waals surface area (Å²) in [6.07, 6.45) is 0.0234. The molecule has 0 spiro atoms. The number of amides is 1. The predicted molar refractivity (Wildman–Crippen MR) is 70.0 cm³/mol. The highest BCUT2D eigenvalue weighted by atomic mass is 16.5. The number of nitrogens with one attached hydrogen (secondary N) is 1. The van der Waals surface area contributed by atoms with Crippen LogP contribution >= 0.6 is 0 Å². The molecule has 0 fully saturated rings. The van der Waals surface area contributed by atoms with Gasteiger partial charge >= 0.3 is 0 Å². The van der Waals surface area contributed by atoms with Crippen LogP contribution in [0.5, 0.6) is 17.2 Å². The van der Waals surface area contributed by atoms with Gasteiger partial charge in [-0.3, -0.25) is 10.2 Å². The minimum atomic E-state index is -0.598. The molecule has 106 valence electrons. The third kappa shape index (κ3) is 3.49. The van der Waals surface area contributed by atoms with Crippen molar-refractivity contribution in [2.24, 2.45) is 11.6 Å². The van der Waals surface area contributed by atoms with E-state index in [0.29, 0.717) is 22.8 Å². The molecule has 0 aliphatic carbocycles. The Hall–Kier alpha value is -1.99. The molecule has 1 aromatic rings. The van der Waals surface area contributed by atoms with Crippen LogP contribution in [0.1, 0.15) is 18.0 Å². The summed E-state index contributed by atoms with van der Waals surface area (Å²) < 4.78 is 15.7. The highest BCUT2D eigenvalue weighted by molar-refractivity contribution is 5.76. The van der Waals surface area contributed by atoms with Crippen molar-refractivity contribution in [3.8, 4) is 17.2 Å². The van der Waals surface area contributed by atoms with Gasteiger partial charge in [0.1, 0.15) is 17.2 Å². The molecule has 1 rings (SSSR count). The minimum absolute atomic E-state index is 0.0234. The zero-order valence-electron chi connectivity index (χ0n) is 11.2. The number of nitrogens with two attached hydrogens (primary N) is 2. The Morgan fingerprint density at radius 3 is 2.11 bits per heavy atom. The number of ether oxygens (including phenoxy) is 3. The van der Waals surface area contributed by atoms with Gasteiger partial charge in [-0.2, -0.15) is 0 Å². The van der Waals surface area contributed by atoms with Gasteiger partial charge in [0.25, 0.3) is 0 Å². The third-order valence-electron chi connectivity index (χ3n) is 2.69. The highest BCUT2D eigenvalue weighted by Crippen LogP contribution is 2.38. The van der Waals surface area contributed by atoms with Gasteiger partial charge in [0.2, 0.25) is 5.91 Å². The Bertz CT molecular complexity index is 426. The monoisotopic (exact) mass is 269 g/mol. The molecule has 0 bridgehead atoms. The molecule has 1 atom stereocenters. The van der Waals surface area contributed by atoms with Gasteiger partial charge in [-0.05, 0) is 0 Å². The van der Waals surface area contributed by atoms with E-state index in [1.54, 1.807) is 12.1 Å². The summed E-state index contributed by atoms with van der Waals surface area (Å²) in [7, 11) is 4.55. The van der Waals surface area contributed by atoms with Crippen LogP contribution in [0.2, 0.25) is 0 Å². The van der Waals surface area contributed by atoms with Crippen LogP contribution in [0.3, 0.4) is 0 Å². The zero-order valence-corrected chi connectivity index (χ0v) is 11.2. The first-order valence-electron chi connectivity index (χ1n) is 5.62. The Morgan fingerprint density at radius 2 is 1.74 bits per heavy atom. The molecule has 7 nitrogen and oxygen atoms in total. The van der Waals surface area contributed by atoms with Crippen molar-refractivity contribution in [3.63, 3.8) is 0 Å². The smallest absolute Gasteiger partial charge is 0.235 e. The van der Waals surface area contributed by atoms with E-state index in [0.717, 1.165) is 0 Å². The number of hydrogen-bond donors (Lipinski definition) is 3. The first-order chi connectivity index (χ1) is 9.07. The maximum atomic E-state index is 11.3. The molecule has 1 unspecified atom stereocenters. The normalized spacial score (nSPS) is 11.6. The number of carbonyl (C=O) groups excluding carboxylic acids is 1. The topological polar surface area (TPSA) is 109 Å². The largest absolute Gasteiger partial charge is 0.496 e. The number of methoxy groups -OCH3 is 3. The van der Waals surface area contributed by atoms with Gasteiger partial charge < -0.3 is 19.9 Å². The Kier molecular flexibility index (Phi) is 5.40. The fourth-order valence-electron chi connectivity index (χ4n) is 1.76. The Balaban J connectivity index is 3.19. The number of hydrazine groups is 1. The van der Waals surface area contributed by atoms with Gasteiger partial charge in [-0.15, -0.1) is 0 Å². The first kappa shape index (κ1) is 15.1. The second-order valence-electron chi connectivity index (χ2n) is 3.82. The summed E-state index contributed by atoms with van der Waals surface area (Å²) in [5, 5.41) is 0. The summed E-state index contributed by atoms with van der Waals surface area (Å²) in [5.74, 6) is 6.24. The van der Waals surface area contributed by atoms with Crippen LogP contribution in [0.15, 0.2) is 12.1 Å². The maximum absolute atomic E-state index is 11.3. The van der Waals surface area contributed by atoms with Crippen molar-refractivity contribution in [2.75, 3.05) is 21.3 Å². The molecular weight excluding hydrogens is 250 g/mol. The predicted octanol–water partition coefficient (Wildman–Crippen LogP) is 0.0922. The fourth-order valence-corrected chi connectivity index (χ4v) is 1.76. The average Bonchev–Trinajstić information content (AvgIpc) is 2.44. The van der Waals surface area contributed by atoms with E-state index in [-0.39, 0.29) is 12.3 Å². The van der Waals surface area contributed by atoms with Crippen molar-refractivity contribution in [2.45, 2.75) is 12.5 Å². The first-order valence-corrected chi connectivity index (χ1v) is 5.62. The van der Waals surface area contributed by atoms with Crippen molar-refractivity contribution in [3.05, 3.63) is 17.7 Å². The van der Waals surface area contributed by atoms with Crippen molar-refractivity contribution < 1.29 is 19.0 Å². The second-order valence-corrected chi connectivity index (χ2v) is 3.82. The van der Waals surface area contributed by atoms with Crippen LogP contribution in [0.25, 0.3) is 0 Å². The molecule has 0 aliphatic rings. The lowest BCUT2D eigenvalue weighted by Gasteiger charge is -2.19. The quantitative estimate of drug-likeness (QED) is 0.384. The standard InChI is InChI=1S/C12H19N3O4/c1-17-7-4-9(18-2)12(10(5-7)19-3)8(13)6-11(16)15-14/h4-5,8H,6,13-14H2,1-3H3,(H,15,16). The van der Waals surface area contributed by atoms with E-state index in [1.165, 1.54) is 21.3 Å². The molecule has 0 saturated carbocycles. The Morgan fingerprint density at radius 1 is 1.21 bits per heavy atom.